The first-order valence-electron chi connectivity index (χ1n) is 10.1. The van der Waals surface area contributed by atoms with Crippen molar-refractivity contribution in [1.29, 1.82) is 0 Å². The quantitative estimate of drug-likeness (QED) is 0.770. The summed E-state index contributed by atoms with van der Waals surface area (Å²) in [4.78, 5) is 18.5. The summed E-state index contributed by atoms with van der Waals surface area (Å²) in [5, 5.41) is 0.745. The van der Waals surface area contributed by atoms with Crippen LogP contribution >= 0.6 is 23.4 Å². The molecule has 0 spiro atoms. The molecule has 1 aromatic rings. The Labute approximate surface area is 166 Å². The lowest BCUT2D eigenvalue weighted by atomic mass is 9.77. The monoisotopic (exact) mass is 392 g/mol. The first kappa shape index (κ1) is 18.6. The van der Waals surface area contributed by atoms with E-state index in [4.69, 9.17) is 11.6 Å². The van der Waals surface area contributed by atoms with Gasteiger partial charge >= 0.3 is 0 Å². The fourth-order valence-corrected chi connectivity index (χ4v) is 6.37. The number of hydrogen-bond acceptors (Lipinski definition) is 3. The number of rotatable bonds is 3. The Morgan fingerprint density at radius 3 is 2.50 bits per heavy atom. The number of carbonyl (C=O) groups excluding carboxylic acids is 1. The van der Waals surface area contributed by atoms with Crippen LogP contribution in [-0.4, -0.2) is 59.4 Å². The molecule has 0 bridgehead atoms. The van der Waals surface area contributed by atoms with Crippen LogP contribution in [0.25, 0.3) is 0 Å². The van der Waals surface area contributed by atoms with E-state index in [0.29, 0.717) is 5.91 Å². The summed E-state index contributed by atoms with van der Waals surface area (Å²) in [6, 6.07) is 8.75. The molecule has 1 saturated carbocycles. The van der Waals surface area contributed by atoms with Crippen molar-refractivity contribution in [1.82, 2.24) is 9.80 Å². The number of thioether (sulfide) groups is 1. The van der Waals surface area contributed by atoms with Gasteiger partial charge < -0.3 is 4.90 Å². The molecular formula is C21H29ClN2OS. The second kappa shape index (κ2) is 8.12. The van der Waals surface area contributed by atoms with Gasteiger partial charge in [-0.3, -0.25) is 9.69 Å². The van der Waals surface area contributed by atoms with Gasteiger partial charge in [0.1, 0.15) is 0 Å². The van der Waals surface area contributed by atoms with Gasteiger partial charge in [-0.15, -0.1) is 0 Å². The zero-order chi connectivity index (χ0) is 18.0. The van der Waals surface area contributed by atoms with Gasteiger partial charge in [0.2, 0.25) is 5.91 Å². The normalized spacial score (nSPS) is 26.8. The number of carbonyl (C=O) groups is 1. The molecule has 1 atom stereocenters. The van der Waals surface area contributed by atoms with Crippen LogP contribution in [0.2, 0.25) is 5.02 Å². The summed E-state index contributed by atoms with van der Waals surface area (Å²) in [6.07, 6.45) is 6.66. The minimum atomic E-state index is -0.316. The van der Waals surface area contributed by atoms with Crippen molar-refractivity contribution in [2.75, 3.05) is 37.7 Å². The fraction of sp³-hybridized carbons (Fsp3) is 0.667. The molecule has 0 radical (unpaired) electrons. The van der Waals surface area contributed by atoms with Gasteiger partial charge in [0.15, 0.2) is 0 Å². The molecule has 2 heterocycles. The molecule has 1 amide bonds. The van der Waals surface area contributed by atoms with E-state index in [0.717, 1.165) is 74.9 Å². The summed E-state index contributed by atoms with van der Waals surface area (Å²) in [7, 11) is 0. The Kier molecular flexibility index (Phi) is 5.82. The van der Waals surface area contributed by atoms with Gasteiger partial charge in [0.25, 0.3) is 0 Å². The van der Waals surface area contributed by atoms with E-state index in [1.807, 2.05) is 12.1 Å². The first-order chi connectivity index (χ1) is 12.7. The highest BCUT2D eigenvalue weighted by atomic mass is 35.5. The molecule has 3 aliphatic rings. The summed E-state index contributed by atoms with van der Waals surface area (Å²) >= 11 is 8.16. The van der Waals surface area contributed by atoms with Crippen molar-refractivity contribution in [3.8, 4) is 0 Å². The zero-order valence-corrected chi connectivity index (χ0v) is 17.0. The van der Waals surface area contributed by atoms with Gasteiger partial charge in [0.05, 0.1) is 5.41 Å². The Hall–Kier alpha value is -0.710. The van der Waals surface area contributed by atoms with E-state index in [2.05, 4.69) is 33.7 Å². The average molecular weight is 393 g/mol. The topological polar surface area (TPSA) is 23.6 Å². The van der Waals surface area contributed by atoms with E-state index in [1.54, 1.807) is 0 Å². The van der Waals surface area contributed by atoms with Crippen LogP contribution in [0.3, 0.4) is 0 Å². The van der Waals surface area contributed by atoms with Crippen molar-refractivity contribution in [3.05, 3.63) is 34.9 Å². The third kappa shape index (κ3) is 3.65. The number of nitrogens with zero attached hydrogens (tertiary/aromatic N) is 2. The van der Waals surface area contributed by atoms with E-state index < -0.39 is 0 Å². The predicted octanol–water partition coefficient (Wildman–Crippen LogP) is 4.19. The third-order valence-electron chi connectivity index (χ3n) is 6.50. The zero-order valence-electron chi connectivity index (χ0n) is 15.5. The van der Waals surface area contributed by atoms with E-state index >= 15 is 0 Å². The number of amides is 1. The molecule has 142 valence electrons. The van der Waals surface area contributed by atoms with Gasteiger partial charge in [-0.1, -0.05) is 36.6 Å². The van der Waals surface area contributed by atoms with Crippen LogP contribution in [0.1, 0.15) is 44.1 Å². The summed E-state index contributed by atoms with van der Waals surface area (Å²) in [6.45, 7) is 3.97. The second-order valence-corrected chi connectivity index (χ2v) is 9.58. The molecule has 1 aliphatic carbocycles. The molecule has 1 unspecified atom stereocenters. The highest BCUT2D eigenvalue weighted by Crippen LogP contribution is 2.43. The molecular weight excluding hydrogens is 364 g/mol. The number of halogens is 1. The standard InChI is InChI=1S/C21H29ClN2OS/c22-18-6-4-17(5-7-18)21(9-1-2-10-21)20(25)24-12-3-11-23(13-14-24)19-8-15-26-16-19/h4-7,19H,1-3,8-16H2. The van der Waals surface area contributed by atoms with Crippen molar-refractivity contribution in [3.63, 3.8) is 0 Å². The molecule has 2 saturated heterocycles. The molecule has 26 heavy (non-hydrogen) atoms. The number of hydrogen-bond donors (Lipinski definition) is 0. The van der Waals surface area contributed by atoms with Crippen molar-refractivity contribution < 1.29 is 4.79 Å². The maximum absolute atomic E-state index is 13.7. The van der Waals surface area contributed by atoms with E-state index in [9.17, 15) is 4.79 Å². The van der Waals surface area contributed by atoms with Gasteiger partial charge in [-0.05, 0) is 49.1 Å². The fourth-order valence-electron chi connectivity index (χ4n) is 4.99. The van der Waals surface area contributed by atoms with Gasteiger partial charge in [-0.2, -0.15) is 11.8 Å². The summed E-state index contributed by atoms with van der Waals surface area (Å²) in [5.41, 5.74) is 0.848. The van der Waals surface area contributed by atoms with Crippen LogP contribution in [0, 0.1) is 0 Å². The van der Waals surface area contributed by atoms with Crippen LogP contribution in [0.15, 0.2) is 24.3 Å². The van der Waals surface area contributed by atoms with Crippen LogP contribution in [0.4, 0.5) is 0 Å². The van der Waals surface area contributed by atoms with Gasteiger partial charge in [0, 0.05) is 43.0 Å². The Morgan fingerprint density at radius 1 is 1.04 bits per heavy atom. The third-order valence-corrected chi connectivity index (χ3v) is 7.90. The van der Waals surface area contributed by atoms with Crippen molar-refractivity contribution in [2.45, 2.75) is 50.0 Å². The Morgan fingerprint density at radius 2 is 1.81 bits per heavy atom. The maximum atomic E-state index is 13.7. The SMILES string of the molecule is O=C(N1CCCN(C2CCSC2)CC1)C1(c2ccc(Cl)cc2)CCCC1. The molecule has 5 heteroatoms. The Balaban J connectivity index is 1.50. The highest BCUT2D eigenvalue weighted by molar-refractivity contribution is 7.99. The van der Waals surface area contributed by atoms with Crippen molar-refractivity contribution >= 4 is 29.3 Å². The predicted molar refractivity (Wildman–Crippen MR) is 110 cm³/mol. The lowest BCUT2D eigenvalue weighted by Crippen LogP contribution is -2.47. The largest absolute Gasteiger partial charge is 0.341 e. The highest BCUT2D eigenvalue weighted by Gasteiger charge is 2.45. The molecule has 0 aromatic heterocycles. The molecule has 3 fully saturated rings. The average Bonchev–Trinajstić information content (AvgIpc) is 3.31. The molecule has 1 aromatic carbocycles. The summed E-state index contributed by atoms with van der Waals surface area (Å²) < 4.78 is 0. The van der Waals surface area contributed by atoms with E-state index in [1.165, 1.54) is 17.9 Å². The van der Waals surface area contributed by atoms with Crippen LogP contribution in [0.5, 0.6) is 0 Å². The van der Waals surface area contributed by atoms with Crippen molar-refractivity contribution in [2.24, 2.45) is 0 Å². The molecule has 3 nitrogen and oxygen atoms in total. The smallest absolute Gasteiger partial charge is 0.233 e. The maximum Gasteiger partial charge on any atom is 0.233 e. The minimum absolute atomic E-state index is 0.316. The first-order valence-corrected chi connectivity index (χ1v) is 11.6. The molecule has 4 rings (SSSR count). The lowest BCUT2D eigenvalue weighted by molar-refractivity contribution is -0.137. The number of benzene rings is 1. The van der Waals surface area contributed by atoms with Crippen LogP contribution < -0.4 is 0 Å². The lowest BCUT2D eigenvalue weighted by Gasteiger charge is -2.35. The molecule has 0 N–H and O–H groups in total. The van der Waals surface area contributed by atoms with Crippen LogP contribution in [-0.2, 0) is 10.2 Å². The Bertz CT molecular complexity index is 623. The minimum Gasteiger partial charge on any atom is -0.341 e. The van der Waals surface area contributed by atoms with E-state index in [-0.39, 0.29) is 5.41 Å². The second-order valence-electron chi connectivity index (χ2n) is 8.00. The molecule has 2 aliphatic heterocycles. The van der Waals surface area contributed by atoms with Gasteiger partial charge in [-0.25, -0.2) is 0 Å². The summed E-state index contributed by atoms with van der Waals surface area (Å²) in [5.74, 6) is 2.92.